The number of hydrogen-bond donors (Lipinski definition) is 2. The van der Waals surface area contributed by atoms with Gasteiger partial charge in [-0.25, -0.2) is 19.2 Å². The lowest BCUT2D eigenvalue weighted by molar-refractivity contribution is -0.571. The van der Waals surface area contributed by atoms with Gasteiger partial charge in [-0.05, 0) is 19.9 Å². The highest BCUT2D eigenvalue weighted by atomic mass is 35.5. The van der Waals surface area contributed by atoms with Crippen molar-refractivity contribution in [3.63, 3.8) is 0 Å². The fourth-order valence-electron chi connectivity index (χ4n) is 3.97. The van der Waals surface area contributed by atoms with Crippen molar-refractivity contribution in [1.29, 1.82) is 0 Å². The van der Waals surface area contributed by atoms with Gasteiger partial charge in [0, 0.05) is 25.3 Å². The summed E-state index contributed by atoms with van der Waals surface area (Å²) in [6, 6.07) is -0.840. The topological polar surface area (TPSA) is 102 Å². The van der Waals surface area contributed by atoms with E-state index in [0.717, 1.165) is 5.71 Å². The molecule has 0 aromatic rings. The Bertz CT molecular complexity index is 941. The number of amides is 2. The van der Waals surface area contributed by atoms with Crippen molar-refractivity contribution in [2.75, 3.05) is 27.7 Å². The number of nitrogens with one attached hydrogen (secondary N) is 2. The summed E-state index contributed by atoms with van der Waals surface area (Å²) < 4.78 is 7.22. The van der Waals surface area contributed by atoms with Crippen LogP contribution in [0.15, 0.2) is 33.0 Å². The van der Waals surface area contributed by atoms with Crippen LogP contribution >= 0.6 is 23.2 Å². The predicted octanol–water partition coefficient (Wildman–Crippen LogP) is 1.43. The molecule has 0 saturated heterocycles. The molecule has 2 N–H and O–H groups in total. The Labute approximate surface area is 190 Å². The van der Waals surface area contributed by atoms with Gasteiger partial charge in [0.25, 0.3) is 5.84 Å². The molecule has 12 heteroatoms. The second-order valence-electron chi connectivity index (χ2n) is 7.43. The summed E-state index contributed by atoms with van der Waals surface area (Å²) in [4.78, 5) is 29.1. The minimum absolute atomic E-state index is 0.221. The van der Waals surface area contributed by atoms with E-state index in [1.54, 1.807) is 31.1 Å². The van der Waals surface area contributed by atoms with Gasteiger partial charge in [0.15, 0.2) is 6.17 Å². The molecule has 3 unspecified atom stereocenters. The molecule has 31 heavy (non-hydrogen) atoms. The SMILES string of the molecule is CCOC(=O)C1=CC(N(C)NC(=O)NC2C=C(Cl)N=C(Cl)C2)=[N+](C)C2C1C(C)=NN2C. The highest BCUT2D eigenvalue weighted by Crippen LogP contribution is 2.31. The van der Waals surface area contributed by atoms with Crippen LogP contribution in [0.4, 0.5) is 4.79 Å². The van der Waals surface area contributed by atoms with Crippen LogP contribution in [0.2, 0.25) is 0 Å². The zero-order chi connectivity index (χ0) is 22.9. The third-order valence-electron chi connectivity index (χ3n) is 5.22. The lowest BCUT2D eigenvalue weighted by atomic mass is 9.89. The highest BCUT2D eigenvalue weighted by Gasteiger charge is 2.47. The van der Waals surface area contributed by atoms with Crippen molar-refractivity contribution < 1.29 is 18.9 Å². The van der Waals surface area contributed by atoms with E-state index in [1.165, 1.54) is 5.01 Å². The molecule has 0 spiro atoms. The molecule has 3 aliphatic rings. The summed E-state index contributed by atoms with van der Waals surface area (Å²) in [6.07, 6.45) is 3.47. The number of urea groups is 1. The average Bonchev–Trinajstić information content (AvgIpc) is 2.96. The summed E-state index contributed by atoms with van der Waals surface area (Å²) in [5.74, 6) is -0.0225. The van der Waals surface area contributed by atoms with Crippen LogP contribution in [-0.4, -0.2) is 83.3 Å². The molecule has 3 rings (SSSR count). The largest absolute Gasteiger partial charge is 0.463 e. The Morgan fingerprint density at radius 1 is 1.42 bits per heavy atom. The third kappa shape index (κ3) is 4.85. The first-order valence-electron chi connectivity index (χ1n) is 9.80. The molecule has 3 aliphatic heterocycles. The maximum absolute atomic E-state index is 12.7. The molecule has 0 aromatic carbocycles. The van der Waals surface area contributed by atoms with E-state index in [1.807, 2.05) is 25.6 Å². The zero-order valence-corrected chi connectivity index (χ0v) is 19.5. The van der Waals surface area contributed by atoms with E-state index in [0.29, 0.717) is 23.0 Å². The summed E-state index contributed by atoms with van der Waals surface area (Å²) in [7, 11) is 5.42. The van der Waals surface area contributed by atoms with Crippen LogP contribution in [0.1, 0.15) is 20.3 Å². The number of rotatable bonds is 3. The van der Waals surface area contributed by atoms with Gasteiger partial charge in [0.05, 0.1) is 31.2 Å². The van der Waals surface area contributed by atoms with E-state index in [-0.39, 0.29) is 29.9 Å². The van der Waals surface area contributed by atoms with Gasteiger partial charge in [0.2, 0.25) is 0 Å². The molecule has 0 saturated carbocycles. The lowest BCUT2D eigenvalue weighted by Crippen LogP contribution is -2.56. The minimum atomic E-state index is -0.458. The quantitative estimate of drug-likeness (QED) is 0.281. The standard InChI is InChI=1S/C19H25Cl2N7O3/c1-6-31-18(29)12-9-15(26(3)17-16(12)10(2)24-28(17)5)27(4)25-19(30)22-11-7-13(20)23-14(21)8-11/h7,9,11,16-17H,6,8H2,1-5H3,(H-,22,25,29,30)/p+1. The van der Waals surface area contributed by atoms with Crippen LogP contribution in [-0.2, 0) is 9.53 Å². The first kappa shape index (κ1) is 23.1. The second-order valence-corrected chi connectivity index (χ2v) is 8.25. The number of carbonyl (C=O) groups excluding carboxylic acids is 2. The molecule has 3 atom stereocenters. The van der Waals surface area contributed by atoms with Gasteiger partial charge in [-0.3, -0.25) is 5.01 Å². The number of hydrazine groups is 1. The Hall–Kier alpha value is -2.59. The van der Waals surface area contributed by atoms with Gasteiger partial charge in [-0.1, -0.05) is 23.2 Å². The van der Waals surface area contributed by atoms with Crippen molar-refractivity contribution >= 4 is 51.9 Å². The van der Waals surface area contributed by atoms with Gasteiger partial charge in [-0.15, -0.1) is 0 Å². The first-order valence-corrected chi connectivity index (χ1v) is 10.6. The van der Waals surface area contributed by atoms with Gasteiger partial charge in [0.1, 0.15) is 17.4 Å². The van der Waals surface area contributed by atoms with Crippen molar-refractivity contribution in [2.45, 2.75) is 32.5 Å². The van der Waals surface area contributed by atoms with Crippen LogP contribution in [0.5, 0.6) is 0 Å². The molecule has 2 amide bonds. The number of ether oxygens (including phenoxy) is 1. The summed E-state index contributed by atoms with van der Waals surface area (Å²) in [5.41, 5.74) is 4.07. The van der Waals surface area contributed by atoms with Crippen LogP contribution in [0.25, 0.3) is 0 Å². The molecule has 10 nitrogen and oxygen atoms in total. The smallest absolute Gasteiger partial charge is 0.350 e. The van der Waals surface area contributed by atoms with Crippen molar-refractivity contribution in [3.05, 3.63) is 22.9 Å². The van der Waals surface area contributed by atoms with E-state index in [4.69, 9.17) is 27.9 Å². The Morgan fingerprint density at radius 2 is 2.13 bits per heavy atom. The molecule has 0 bridgehead atoms. The molecule has 0 aromatic heterocycles. The van der Waals surface area contributed by atoms with Gasteiger partial charge >= 0.3 is 12.0 Å². The van der Waals surface area contributed by atoms with Crippen LogP contribution in [0.3, 0.4) is 0 Å². The number of esters is 1. The molecule has 168 valence electrons. The number of amidine groups is 1. The maximum Gasteiger partial charge on any atom is 0.350 e. The lowest BCUT2D eigenvalue weighted by Gasteiger charge is -2.31. The molecular weight excluding hydrogens is 445 g/mol. The van der Waals surface area contributed by atoms with E-state index in [9.17, 15) is 9.59 Å². The van der Waals surface area contributed by atoms with Crippen molar-refractivity contribution in [2.24, 2.45) is 16.0 Å². The van der Waals surface area contributed by atoms with Gasteiger partial charge in [-0.2, -0.15) is 15.5 Å². The number of hydrogen-bond acceptors (Lipinski definition) is 7. The Balaban J connectivity index is 1.79. The first-order chi connectivity index (χ1) is 14.6. The monoisotopic (exact) mass is 470 g/mol. The molecule has 0 fully saturated rings. The summed E-state index contributed by atoms with van der Waals surface area (Å²) >= 11 is 11.9. The number of halogens is 2. The normalized spacial score (nSPS) is 25.1. The number of fused-ring (bicyclic) bond motifs is 1. The molecule has 0 radical (unpaired) electrons. The van der Waals surface area contributed by atoms with Crippen molar-refractivity contribution in [1.82, 2.24) is 20.8 Å². The van der Waals surface area contributed by atoms with Crippen LogP contribution < -0.4 is 10.7 Å². The predicted molar refractivity (Wildman–Crippen MR) is 119 cm³/mol. The number of hydrazone groups is 1. The molecular formula is C19H26Cl2N7O3+. The van der Waals surface area contributed by atoms with Crippen molar-refractivity contribution in [3.8, 4) is 0 Å². The summed E-state index contributed by atoms with van der Waals surface area (Å²) in [6.45, 7) is 3.92. The van der Waals surface area contributed by atoms with E-state index >= 15 is 0 Å². The fourth-order valence-corrected chi connectivity index (χ4v) is 4.52. The van der Waals surface area contributed by atoms with E-state index < -0.39 is 12.0 Å². The summed E-state index contributed by atoms with van der Waals surface area (Å²) in [5, 5.41) is 11.2. The Morgan fingerprint density at radius 3 is 2.77 bits per heavy atom. The highest BCUT2D eigenvalue weighted by molar-refractivity contribution is 6.66. The minimum Gasteiger partial charge on any atom is -0.463 e. The Kier molecular flexibility index (Phi) is 6.90. The average molecular weight is 471 g/mol. The number of carbonyl (C=O) groups is 2. The fraction of sp³-hybridized carbons (Fsp3) is 0.526. The molecule has 3 heterocycles. The third-order valence-corrected chi connectivity index (χ3v) is 5.67. The number of aliphatic imine (C=N–C) groups is 1. The van der Waals surface area contributed by atoms with Gasteiger partial charge < -0.3 is 10.1 Å². The van der Waals surface area contributed by atoms with E-state index in [2.05, 4.69) is 20.8 Å². The second kappa shape index (κ2) is 9.27. The van der Waals surface area contributed by atoms with Crippen LogP contribution in [0, 0.1) is 5.92 Å². The number of likely N-dealkylation sites (N-methyl/N-ethyl adjacent to an activating group) is 1. The maximum atomic E-state index is 12.7. The number of nitrogens with zero attached hydrogens (tertiary/aromatic N) is 5. The molecule has 0 aliphatic carbocycles. The zero-order valence-electron chi connectivity index (χ0n) is 18.0.